The van der Waals surface area contributed by atoms with Gasteiger partial charge in [-0.1, -0.05) is 25.7 Å². The van der Waals surface area contributed by atoms with E-state index in [0.29, 0.717) is 6.42 Å². The summed E-state index contributed by atoms with van der Waals surface area (Å²) in [4.78, 5) is 23.5. The number of carboxylic acid groups (broad SMARTS) is 1. The van der Waals surface area contributed by atoms with Crippen LogP contribution in [0.15, 0.2) is 0 Å². The van der Waals surface area contributed by atoms with Crippen molar-refractivity contribution in [2.45, 2.75) is 63.5 Å². The third kappa shape index (κ3) is 3.47. The average molecular weight is 268 g/mol. The quantitative estimate of drug-likeness (QED) is 0.672. The Hall–Kier alpha value is -1.10. The van der Waals surface area contributed by atoms with Gasteiger partial charge in [-0.15, -0.1) is 0 Å². The summed E-state index contributed by atoms with van der Waals surface area (Å²) in [5.74, 6) is -1.40. The topological polar surface area (TPSA) is 92.4 Å². The third-order valence-corrected chi connectivity index (χ3v) is 4.57. The fraction of sp³-hybridized carbons (Fsp3) is 0.857. The van der Waals surface area contributed by atoms with Crippen LogP contribution in [-0.4, -0.2) is 29.1 Å². The van der Waals surface area contributed by atoms with Crippen LogP contribution in [-0.2, 0) is 9.59 Å². The Morgan fingerprint density at radius 2 is 1.63 bits per heavy atom. The lowest BCUT2D eigenvalue weighted by Crippen LogP contribution is -2.47. The van der Waals surface area contributed by atoms with Gasteiger partial charge in [-0.25, -0.2) is 0 Å². The molecule has 5 nitrogen and oxygen atoms in total. The average Bonchev–Trinajstić information content (AvgIpc) is 2.65. The molecule has 0 bridgehead atoms. The predicted molar refractivity (Wildman–Crippen MR) is 71.5 cm³/mol. The highest BCUT2D eigenvalue weighted by atomic mass is 16.4. The number of hydrogen-bond acceptors (Lipinski definition) is 3. The number of nitrogens with one attached hydrogen (secondary N) is 1. The van der Waals surface area contributed by atoms with Crippen molar-refractivity contribution < 1.29 is 14.7 Å². The molecule has 0 aromatic heterocycles. The highest BCUT2D eigenvalue weighted by Gasteiger charge is 2.35. The van der Waals surface area contributed by atoms with Crippen LogP contribution in [0, 0.1) is 11.8 Å². The summed E-state index contributed by atoms with van der Waals surface area (Å²) in [5.41, 5.74) is 5.93. The molecule has 2 aliphatic rings. The summed E-state index contributed by atoms with van der Waals surface area (Å²) >= 11 is 0. The van der Waals surface area contributed by atoms with E-state index >= 15 is 0 Å². The van der Waals surface area contributed by atoms with E-state index in [9.17, 15) is 14.7 Å². The Morgan fingerprint density at radius 1 is 0.947 bits per heavy atom. The lowest BCUT2D eigenvalue weighted by Gasteiger charge is -2.25. The molecule has 2 aliphatic carbocycles. The molecule has 0 spiro atoms. The van der Waals surface area contributed by atoms with E-state index in [1.807, 2.05) is 0 Å². The normalized spacial score (nSPS) is 35.6. The fourth-order valence-electron chi connectivity index (χ4n) is 3.38. The zero-order valence-corrected chi connectivity index (χ0v) is 11.3. The Balaban J connectivity index is 1.98. The van der Waals surface area contributed by atoms with Gasteiger partial charge in [0.1, 0.15) is 0 Å². The van der Waals surface area contributed by atoms with Gasteiger partial charge in [0, 0.05) is 12.1 Å². The second-order valence-electron chi connectivity index (χ2n) is 5.90. The minimum atomic E-state index is -0.789. The van der Waals surface area contributed by atoms with Crippen LogP contribution in [0.25, 0.3) is 0 Å². The lowest BCUT2D eigenvalue weighted by atomic mass is 9.93. The molecule has 0 aromatic carbocycles. The van der Waals surface area contributed by atoms with E-state index in [0.717, 1.165) is 44.9 Å². The minimum absolute atomic E-state index is 0.0388. The Morgan fingerprint density at radius 3 is 2.26 bits per heavy atom. The van der Waals surface area contributed by atoms with Gasteiger partial charge in [-0.3, -0.25) is 9.59 Å². The number of carbonyl (C=O) groups is 2. The molecule has 0 aromatic rings. The minimum Gasteiger partial charge on any atom is -0.481 e. The van der Waals surface area contributed by atoms with Crippen LogP contribution in [0.1, 0.15) is 51.4 Å². The van der Waals surface area contributed by atoms with Crippen LogP contribution in [0.4, 0.5) is 0 Å². The molecule has 0 radical (unpaired) electrons. The summed E-state index contributed by atoms with van der Waals surface area (Å²) in [6, 6.07) is -0.283. The summed E-state index contributed by atoms with van der Waals surface area (Å²) in [7, 11) is 0. The van der Waals surface area contributed by atoms with Crippen LogP contribution < -0.4 is 11.1 Å². The maximum Gasteiger partial charge on any atom is 0.308 e. The van der Waals surface area contributed by atoms with Crippen molar-refractivity contribution in [1.82, 2.24) is 5.32 Å². The van der Waals surface area contributed by atoms with Crippen molar-refractivity contribution >= 4 is 11.9 Å². The van der Waals surface area contributed by atoms with Crippen molar-refractivity contribution in [1.29, 1.82) is 0 Å². The molecule has 108 valence electrons. The second kappa shape index (κ2) is 6.37. The first kappa shape index (κ1) is 14.3. The maximum absolute atomic E-state index is 12.2. The standard InChI is InChI=1S/C14H24N2O3/c15-11-7-4-6-9(11)13(17)16-12-8-3-1-2-5-10(12)14(18)19/h9-12H,1-8,15H2,(H,16,17)(H,18,19). The van der Waals surface area contributed by atoms with Gasteiger partial charge in [0.25, 0.3) is 0 Å². The van der Waals surface area contributed by atoms with E-state index in [1.54, 1.807) is 0 Å². The van der Waals surface area contributed by atoms with Gasteiger partial charge in [-0.05, 0) is 25.7 Å². The number of carbonyl (C=O) groups excluding carboxylic acids is 1. The molecule has 2 fully saturated rings. The van der Waals surface area contributed by atoms with Gasteiger partial charge >= 0.3 is 5.97 Å². The summed E-state index contributed by atoms with van der Waals surface area (Å²) in [6.07, 6.45) is 7.13. The third-order valence-electron chi connectivity index (χ3n) is 4.57. The molecule has 19 heavy (non-hydrogen) atoms. The van der Waals surface area contributed by atoms with Gasteiger partial charge in [0.05, 0.1) is 11.8 Å². The molecule has 0 aliphatic heterocycles. The first-order valence-electron chi connectivity index (χ1n) is 7.38. The SMILES string of the molecule is NC1CCCC1C(=O)NC1CCCCCC1C(=O)O. The first-order valence-corrected chi connectivity index (χ1v) is 7.38. The van der Waals surface area contributed by atoms with E-state index in [-0.39, 0.29) is 23.9 Å². The van der Waals surface area contributed by atoms with Crippen LogP contribution in [0.3, 0.4) is 0 Å². The zero-order chi connectivity index (χ0) is 13.8. The van der Waals surface area contributed by atoms with Crippen LogP contribution in [0.2, 0.25) is 0 Å². The lowest BCUT2D eigenvalue weighted by molar-refractivity contribution is -0.143. The van der Waals surface area contributed by atoms with Crippen molar-refractivity contribution in [3.05, 3.63) is 0 Å². The van der Waals surface area contributed by atoms with E-state index in [4.69, 9.17) is 5.73 Å². The number of aliphatic carboxylic acids is 1. The molecule has 0 saturated heterocycles. The summed E-state index contributed by atoms with van der Waals surface area (Å²) < 4.78 is 0. The van der Waals surface area contributed by atoms with E-state index < -0.39 is 11.9 Å². The zero-order valence-electron chi connectivity index (χ0n) is 11.3. The Bertz CT molecular complexity index is 346. The highest BCUT2D eigenvalue weighted by molar-refractivity contribution is 5.81. The van der Waals surface area contributed by atoms with Gasteiger partial charge < -0.3 is 16.2 Å². The maximum atomic E-state index is 12.2. The van der Waals surface area contributed by atoms with Gasteiger partial charge in [0.2, 0.25) is 5.91 Å². The Kier molecular flexibility index (Phi) is 4.80. The molecule has 0 heterocycles. The highest BCUT2D eigenvalue weighted by Crippen LogP contribution is 2.27. The van der Waals surface area contributed by atoms with Crippen molar-refractivity contribution in [3.63, 3.8) is 0 Å². The molecular formula is C14H24N2O3. The smallest absolute Gasteiger partial charge is 0.308 e. The molecule has 1 amide bonds. The largest absolute Gasteiger partial charge is 0.481 e. The van der Waals surface area contributed by atoms with Crippen LogP contribution >= 0.6 is 0 Å². The number of carboxylic acids is 1. The molecular weight excluding hydrogens is 244 g/mol. The first-order chi connectivity index (χ1) is 9.09. The van der Waals surface area contributed by atoms with Crippen molar-refractivity contribution in [3.8, 4) is 0 Å². The molecule has 4 N–H and O–H groups in total. The van der Waals surface area contributed by atoms with Gasteiger partial charge in [0.15, 0.2) is 0 Å². The molecule has 4 unspecified atom stereocenters. The van der Waals surface area contributed by atoms with Crippen molar-refractivity contribution in [2.75, 3.05) is 0 Å². The fourth-order valence-corrected chi connectivity index (χ4v) is 3.38. The van der Waals surface area contributed by atoms with Crippen LogP contribution in [0.5, 0.6) is 0 Å². The van der Waals surface area contributed by atoms with Gasteiger partial charge in [-0.2, -0.15) is 0 Å². The molecule has 2 saturated carbocycles. The second-order valence-corrected chi connectivity index (χ2v) is 5.90. The summed E-state index contributed by atoms with van der Waals surface area (Å²) in [6.45, 7) is 0. The number of nitrogens with two attached hydrogens (primary N) is 1. The molecule has 5 heteroatoms. The molecule has 2 rings (SSSR count). The van der Waals surface area contributed by atoms with E-state index in [2.05, 4.69) is 5.32 Å². The predicted octanol–water partition coefficient (Wildman–Crippen LogP) is 1.26. The molecule has 4 atom stereocenters. The summed E-state index contributed by atoms with van der Waals surface area (Å²) in [5, 5.41) is 12.3. The number of rotatable bonds is 3. The Labute approximate surface area is 113 Å². The monoisotopic (exact) mass is 268 g/mol. The number of amides is 1. The van der Waals surface area contributed by atoms with E-state index in [1.165, 1.54) is 0 Å². The number of hydrogen-bond donors (Lipinski definition) is 3. The van der Waals surface area contributed by atoms with Crippen molar-refractivity contribution in [2.24, 2.45) is 17.6 Å².